The maximum absolute atomic E-state index is 12.3. The van der Waals surface area contributed by atoms with Crippen LogP contribution in [0.3, 0.4) is 0 Å². The van der Waals surface area contributed by atoms with E-state index in [4.69, 9.17) is 4.74 Å². The monoisotopic (exact) mass is 320 g/mol. The van der Waals surface area contributed by atoms with E-state index in [1.165, 1.54) is 12.3 Å². The van der Waals surface area contributed by atoms with Gasteiger partial charge in [0.15, 0.2) is 11.5 Å². The first kappa shape index (κ1) is 17.4. The molecule has 0 saturated heterocycles. The minimum atomic E-state index is -2.99. The van der Waals surface area contributed by atoms with Gasteiger partial charge >= 0.3 is 6.61 Å². The molecule has 0 radical (unpaired) electrons. The van der Waals surface area contributed by atoms with Crippen LogP contribution in [-0.4, -0.2) is 33.6 Å². The van der Waals surface area contributed by atoms with E-state index in [0.29, 0.717) is 18.6 Å². The van der Waals surface area contributed by atoms with Gasteiger partial charge in [0.1, 0.15) is 9.84 Å². The number of rotatable bonds is 8. The Labute approximate surface area is 123 Å². The molecule has 0 bridgehead atoms. The van der Waals surface area contributed by atoms with Gasteiger partial charge in [-0.25, -0.2) is 8.42 Å². The molecule has 1 aromatic carbocycles. The number of sulfone groups is 1. The molecular formula is C14H18F2O4S. The summed E-state index contributed by atoms with van der Waals surface area (Å²) in [5.41, 5.74) is 0.716. The molecule has 0 fully saturated rings. The van der Waals surface area contributed by atoms with Gasteiger partial charge in [0, 0.05) is 6.26 Å². The van der Waals surface area contributed by atoms with Crippen LogP contribution in [0.15, 0.2) is 24.3 Å². The van der Waals surface area contributed by atoms with Crippen LogP contribution in [0.2, 0.25) is 0 Å². The van der Waals surface area contributed by atoms with Crippen molar-refractivity contribution in [3.63, 3.8) is 0 Å². The first-order valence-corrected chi connectivity index (χ1v) is 8.44. The second-order valence-corrected chi connectivity index (χ2v) is 6.60. The average molecular weight is 320 g/mol. The van der Waals surface area contributed by atoms with E-state index in [1.54, 1.807) is 31.2 Å². The zero-order valence-corrected chi connectivity index (χ0v) is 12.7. The van der Waals surface area contributed by atoms with Gasteiger partial charge in [-0.2, -0.15) is 8.78 Å². The maximum Gasteiger partial charge on any atom is 0.387 e. The van der Waals surface area contributed by atoms with Crippen molar-refractivity contribution in [2.75, 3.05) is 18.6 Å². The Morgan fingerprint density at radius 3 is 2.57 bits per heavy atom. The molecule has 0 amide bonds. The summed E-state index contributed by atoms with van der Waals surface area (Å²) in [5, 5.41) is 0. The number of alkyl halides is 2. The molecule has 0 N–H and O–H groups in total. The second-order valence-electron chi connectivity index (χ2n) is 4.34. The van der Waals surface area contributed by atoms with E-state index < -0.39 is 16.4 Å². The van der Waals surface area contributed by atoms with Crippen LogP contribution in [0.1, 0.15) is 18.9 Å². The SMILES string of the molecule is CCOc1cc(/C=C/CCS(C)(=O)=O)ccc1OC(F)F. The summed E-state index contributed by atoms with van der Waals surface area (Å²) in [4.78, 5) is 0. The quantitative estimate of drug-likeness (QED) is 0.738. The van der Waals surface area contributed by atoms with Crippen LogP contribution in [0, 0.1) is 0 Å². The topological polar surface area (TPSA) is 52.6 Å². The van der Waals surface area contributed by atoms with E-state index in [0.717, 1.165) is 0 Å². The summed E-state index contributed by atoms with van der Waals surface area (Å²) in [5.74, 6) is 0.261. The largest absolute Gasteiger partial charge is 0.490 e. The van der Waals surface area contributed by atoms with Crippen molar-refractivity contribution < 1.29 is 26.7 Å². The van der Waals surface area contributed by atoms with Crippen LogP contribution in [-0.2, 0) is 9.84 Å². The molecule has 1 aromatic rings. The minimum Gasteiger partial charge on any atom is -0.490 e. The molecule has 0 unspecified atom stereocenters. The fourth-order valence-corrected chi connectivity index (χ4v) is 2.16. The van der Waals surface area contributed by atoms with Gasteiger partial charge < -0.3 is 9.47 Å². The van der Waals surface area contributed by atoms with Gasteiger partial charge in [0.25, 0.3) is 0 Å². The van der Waals surface area contributed by atoms with Crippen molar-refractivity contribution in [2.45, 2.75) is 20.0 Å². The zero-order valence-electron chi connectivity index (χ0n) is 11.9. The van der Waals surface area contributed by atoms with Crippen LogP contribution >= 0.6 is 0 Å². The highest BCUT2D eigenvalue weighted by Crippen LogP contribution is 2.30. The third-order valence-corrected chi connectivity index (χ3v) is 3.43. The Kier molecular flexibility index (Phi) is 6.61. The van der Waals surface area contributed by atoms with E-state index >= 15 is 0 Å². The molecule has 4 nitrogen and oxygen atoms in total. The molecule has 0 aliphatic heterocycles. The Morgan fingerprint density at radius 1 is 1.29 bits per heavy atom. The zero-order chi connectivity index (χ0) is 15.9. The van der Waals surface area contributed by atoms with Gasteiger partial charge in [0.05, 0.1) is 12.4 Å². The average Bonchev–Trinajstić information content (AvgIpc) is 2.36. The standard InChI is InChI=1S/C14H18F2O4S/c1-3-19-13-10-11(6-4-5-9-21(2,17)18)7-8-12(13)20-14(15)16/h4,6-8,10,14H,3,5,9H2,1-2H3/b6-4+. The van der Waals surface area contributed by atoms with Crippen molar-refractivity contribution in [3.05, 3.63) is 29.8 Å². The Bertz CT molecular complexity index is 583. The third-order valence-electron chi connectivity index (χ3n) is 2.45. The van der Waals surface area contributed by atoms with Gasteiger partial charge in [0.2, 0.25) is 0 Å². The van der Waals surface area contributed by atoms with Crippen molar-refractivity contribution in [1.29, 1.82) is 0 Å². The first-order valence-electron chi connectivity index (χ1n) is 6.37. The summed E-state index contributed by atoms with van der Waals surface area (Å²) < 4.78 is 56.1. The van der Waals surface area contributed by atoms with Gasteiger partial charge in [-0.1, -0.05) is 18.2 Å². The van der Waals surface area contributed by atoms with Crippen molar-refractivity contribution >= 4 is 15.9 Å². The van der Waals surface area contributed by atoms with Gasteiger partial charge in [-0.05, 0) is 31.0 Å². The molecule has 0 saturated carbocycles. The molecule has 0 heterocycles. The normalized spacial score (nSPS) is 12.0. The van der Waals surface area contributed by atoms with Crippen LogP contribution < -0.4 is 9.47 Å². The number of ether oxygens (including phenoxy) is 2. The summed E-state index contributed by atoms with van der Waals surface area (Å²) >= 11 is 0. The molecule has 21 heavy (non-hydrogen) atoms. The Morgan fingerprint density at radius 2 is 2.00 bits per heavy atom. The Hall–Kier alpha value is -1.63. The highest BCUT2D eigenvalue weighted by Gasteiger charge is 2.10. The molecular weight excluding hydrogens is 302 g/mol. The lowest BCUT2D eigenvalue weighted by molar-refractivity contribution is -0.0514. The predicted octanol–water partition coefficient (Wildman–Crippen LogP) is 3.13. The smallest absolute Gasteiger partial charge is 0.387 e. The summed E-state index contributed by atoms with van der Waals surface area (Å²) in [6.45, 7) is -0.859. The Balaban J connectivity index is 2.80. The first-order chi connectivity index (χ1) is 9.81. The van der Waals surface area contributed by atoms with Crippen molar-refractivity contribution in [1.82, 2.24) is 0 Å². The van der Waals surface area contributed by atoms with E-state index in [1.807, 2.05) is 0 Å². The molecule has 0 atom stereocenters. The number of allylic oxidation sites excluding steroid dienone is 1. The lowest BCUT2D eigenvalue weighted by Crippen LogP contribution is -2.04. The van der Waals surface area contributed by atoms with Gasteiger partial charge in [-0.15, -0.1) is 0 Å². The minimum absolute atomic E-state index is 0.0277. The molecule has 7 heteroatoms. The number of halogens is 2. The van der Waals surface area contributed by atoms with Crippen molar-refractivity contribution in [3.8, 4) is 11.5 Å². The fourth-order valence-electron chi connectivity index (χ4n) is 1.59. The van der Waals surface area contributed by atoms with E-state index in [-0.39, 0.29) is 17.3 Å². The summed E-state index contributed by atoms with van der Waals surface area (Å²) in [7, 11) is -2.99. The number of hydrogen-bond donors (Lipinski definition) is 0. The third kappa shape index (κ3) is 7.08. The molecule has 118 valence electrons. The number of hydrogen-bond acceptors (Lipinski definition) is 4. The summed E-state index contributed by atoms with van der Waals surface area (Å²) in [6, 6.07) is 4.56. The summed E-state index contributed by atoms with van der Waals surface area (Å²) in [6.07, 6.45) is 4.97. The maximum atomic E-state index is 12.3. The molecule has 1 rings (SSSR count). The lowest BCUT2D eigenvalue weighted by atomic mass is 10.2. The molecule has 0 aliphatic rings. The fraction of sp³-hybridized carbons (Fsp3) is 0.429. The second kappa shape index (κ2) is 7.97. The van der Waals surface area contributed by atoms with Crippen molar-refractivity contribution in [2.24, 2.45) is 0 Å². The van der Waals surface area contributed by atoms with Crippen LogP contribution in [0.5, 0.6) is 11.5 Å². The lowest BCUT2D eigenvalue weighted by Gasteiger charge is -2.11. The molecule has 0 aromatic heterocycles. The van der Waals surface area contributed by atoms with Crippen LogP contribution in [0.4, 0.5) is 8.78 Å². The van der Waals surface area contributed by atoms with E-state index in [2.05, 4.69) is 4.74 Å². The number of benzene rings is 1. The van der Waals surface area contributed by atoms with Crippen LogP contribution in [0.25, 0.3) is 6.08 Å². The molecule has 0 spiro atoms. The predicted molar refractivity (Wildman–Crippen MR) is 77.6 cm³/mol. The van der Waals surface area contributed by atoms with Gasteiger partial charge in [-0.3, -0.25) is 0 Å². The van der Waals surface area contributed by atoms with E-state index in [9.17, 15) is 17.2 Å². The highest BCUT2D eigenvalue weighted by molar-refractivity contribution is 7.90. The molecule has 0 aliphatic carbocycles. The highest BCUT2D eigenvalue weighted by atomic mass is 32.2.